The third-order valence-electron chi connectivity index (χ3n) is 13.6. The van der Waals surface area contributed by atoms with Gasteiger partial charge in [0.15, 0.2) is 11.6 Å². The quantitative estimate of drug-likeness (QED) is 0.228. The number of aliphatic carboxylic acids is 1. The van der Waals surface area contributed by atoms with Gasteiger partial charge in [-0.25, -0.2) is 0 Å². The highest BCUT2D eigenvalue weighted by molar-refractivity contribution is 6.40. The molecule has 5 aliphatic rings. The van der Waals surface area contributed by atoms with E-state index in [1.807, 2.05) is 13.8 Å². The lowest BCUT2D eigenvalue weighted by Gasteiger charge is -2.69. The van der Waals surface area contributed by atoms with Crippen molar-refractivity contribution in [3.8, 4) is 0 Å². The Kier molecular flexibility index (Phi) is 8.00. The Labute approximate surface area is 263 Å². The van der Waals surface area contributed by atoms with Gasteiger partial charge in [0.2, 0.25) is 5.78 Å². The van der Waals surface area contributed by atoms with Crippen LogP contribution in [0, 0.1) is 51.2 Å². The van der Waals surface area contributed by atoms with Crippen LogP contribution < -0.4 is 5.73 Å². The minimum atomic E-state index is -1.07. The molecule has 4 fully saturated rings. The molecule has 0 aliphatic heterocycles. The van der Waals surface area contributed by atoms with Gasteiger partial charge in [-0.3, -0.25) is 19.2 Å². The highest BCUT2D eigenvalue weighted by Crippen LogP contribution is 2.72. The van der Waals surface area contributed by atoms with E-state index >= 15 is 0 Å². The van der Waals surface area contributed by atoms with Gasteiger partial charge in [0.05, 0.1) is 16.6 Å². The maximum Gasteiger partial charge on any atom is 0.309 e. The molecule has 0 aromatic heterocycles. The smallest absolute Gasteiger partial charge is 0.309 e. The highest BCUT2D eigenvalue weighted by atomic mass is 16.5. The van der Waals surface area contributed by atoms with Gasteiger partial charge in [0, 0.05) is 25.3 Å². The molecule has 7 heteroatoms. The number of carboxylic acid groups (broad SMARTS) is 1. The van der Waals surface area contributed by atoms with Gasteiger partial charge in [0.1, 0.15) is 6.10 Å². The van der Waals surface area contributed by atoms with E-state index < -0.39 is 33.9 Å². The molecule has 0 spiro atoms. The zero-order valence-electron chi connectivity index (χ0n) is 28.3. The van der Waals surface area contributed by atoms with Crippen molar-refractivity contribution in [2.75, 3.05) is 0 Å². The van der Waals surface area contributed by atoms with Crippen molar-refractivity contribution in [1.29, 1.82) is 0 Å². The monoisotopic (exact) mass is 609 g/mol. The molecule has 0 heterocycles. The summed E-state index contributed by atoms with van der Waals surface area (Å²) in [6.07, 6.45) is 7.34. The van der Waals surface area contributed by atoms with Crippen LogP contribution in [-0.2, 0) is 23.9 Å². The summed E-state index contributed by atoms with van der Waals surface area (Å²) >= 11 is 0. The minimum Gasteiger partial charge on any atom is -0.495 e. The van der Waals surface area contributed by atoms with Gasteiger partial charge in [0.25, 0.3) is 0 Å². The maximum absolute atomic E-state index is 13.6. The third kappa shape index (κ3) is 4.60. The van der Waals surface area contributed by atoms with Gasteiger partial charge in [-0.05, 0) is 117 Å². The Bertz CT molecular complexity index is 1330. The number of carbonyl (C=O) groups is 4. The second-order valence-corrected chi connectivity index (χ2v) is 16.8. The first kappa shape index (κ1) is 33.1. The summed E-state index contributed by atoms with van der Waals surface area (Å²) in [5, 5.41) is 9.58. The number of carboxylic acids is 1. The van der Waals surface area contributed by atoms with Crippen LogP contribution in [-0.4, -0.2) is 40.1 Å². The van der Waals surface area contributed by atoms with Crippen LogP contribution >= 0.6 is 0 Å². The minimum absolute atomic E-state index is 0.00139. The molecular formula is C37H55NO6. The van der Waals surface area contributed by atoms with Gasteiger partial charge in [-0.2, -0.15) is 0 Å². The first-order valence-electron chi connectivity index (χ1n) is 17.0. The molecule has 5 aliphatic carbocycles. The van der Waals surface area contributed by atoms with Crippen molar-refractivity contribution in [2.24, 2.45) is 57.0 Å². The number of rotatable bonds is 8. The van der Waals surface area contributed by atoms with Crippen LogP contribution in [0.2, 0.25) is 0 Å². The summed E-state index contributed by atoms with van der Waals surface area (Å²) in [4.78, 5) is 51.5. The van der Waals surface area contributed by atoms with Crippen molar-refractivity contribution in [2.45, 2.75) is 131 Å². The number of fused-ring (bicyclic) bond motifs is 7. The SMILES string of the molecule is C=C(CC(C)(C)C(=O)O)OC1CCC2(C)C(CCC3(C)C4CCC5(C(=O)C(C)=O)CC(=O)C(C(C)C)=C5C4(N)CCC23)C1C. The average molecular weight is 610 g/mol. The summed E-state index contributed by atoms with van der Waals surface area (Å²) in [6, 6.07) is 0. The van der Waals surface area contributed by atoms with E-state index in [-0.39, 0.29) is 41.0 Å². The zero-order valence-corrected chi connectivity index (χ0v) is 28.3. The Morgan fingerprint density at radius 3 is 2.23 bits per heavy atom. The Hall–Kier alpha value is -2.28. The van der Waals surface area contributed by atoms with E-state index in [0.717, 1.165) is 50.5 Å². The van der Waals surface area contributed by atoms with Crippen LogP contribution in [0.5, 0.6) is 0 Å². The molecule has 244 valence electrons. The van der Waals surface area contributed by atoms with E-state index in [1.165, 1.54) is 6.92 Å². The predicted octanol–water partition coefficient (Wildman–Crippen LogP) is 6.83. The molecule has 9 unspecified atom stereocenters. The summed E-state index contributed by atoms with van der Waals surface area (Å²) in [7, 11) is 0. The lowest BCUT2D eigenvalue weighted by molar-refractivity contribution is -0.185. The molecule has 44 heavy (non-hydrogen) atoms. The molecule has 0 amide bonds. The zero-order chi connectivity index (χ0) is 32.8. The second-order valence-electron chi connectivity index (χ2n) is 16.8. The van der Waals surface area contributed by atoms with E-state index in [9.17, 15) is 24.3 Å². The number of ketones is 3. The summed E-state index contributed by atoms with van der Waals surface area (Å²) in [5.74, 6) is 0.0991. The van der Waals surface area contributed by atoms with Crippen LogP contribution in [0.15, 0.2) is 23.5 Å². The first-order valence-corrected chi connectivity index (χ1v) is 17.0. The largest absolute Gasteiger partial charge is 0.495 e. The van der Waals surface area contributed by atoms with Crippen LogP contribution in [0.25, 0.3) is 0 Å². The topological polar surface area (TPSA) is 124 Å². The number of hydrogen-bond donors (Lipinski definition) is 2. The molecule has 0 aromatic carbocycles. The lowest BCUT2D eigenvalue weighted by Crippen LogP contribution is -2.69. The molecule has 0 aromatic rings. The van der Waals surface area contributed by atoms with E-state index in [2.05, 4.69) is 27.4 Å². The van der Waals surface area contributed by atoms with Gasteiger partial charge >= 0.3 is 5.97 Å². The van der Waals surface area contributed by atoms with Gasteiger partial charge in [-0.15, -0.1) is 0 Å². The van der Waals surface area contributed by atoms with Gasteiger partial charge < -0.3 is 15.6 Å². The normalized spacial score (nSPS) is 41.8. The molecule has 3 N–H and O–H groups in total. The molecule has 0 bridgehead atoms. The average Bonchev–Trinajstić information content (AvgIpc) is 3.23. The van der Waals surface area contributed by atoms with Crippen molar-refractivity contribution in [1.82, 2.24) is 0 Å². The Balaban J connectivity index is 1.44. The molecule has 5 rings (SSSR count). The number of carbonyl (C=O) groups excluding carboxylic acids is 3. The van der Waals surface area contributed by atoms with Gasteiger partial charge in [-0.1, -0.05) is 41.2 Å². The number of hydrogen-bond acceptors (Lipinski definition) is 6. The molecule has 4 saturated carbocycles. The predicted molar refractivity (Wildman–Crippen MR) is 169 cm³/mol. The molecule has 7 nitrogen and oxygen atoms in total. The van der Waals surface area contributed by atoms with E-state index in [4.69, 9.17) is 10.5 Å². The van der Waals surface area contributed by atoms with Crippen molar-refractivity contribution < 1.29 is 29.0 Å². The fraction of sp³-hybridized carbons (Fsp3) is 0.784. The summed E-state index contributed by atoms with van der Waals surface area (Å²) < 4.78 is 6.42. The van der Waals surface area contributed by atoms with E-state index in [1.54, 1.807) is 13.8 Å². The van der Waals surface area contributed by atoms with Crippen LogP contribution in [0.3, 0.4) is 0 Å². The third-order valence-corrected chi connectivity index (χ3v) is 13.6. The van der Waals surface area contributed by atoms with Crippen molar-refractivity contribution in [3.05, 3.63) is 23.5 Å². The Morgan fingerprint density at radius 1 is 1.02 bits per heavy atom. The van der Waals surface area contributed by atoms with Crippen molar-refractivity contribution in [3.63, 3.8) is 0 Å². The van der Waals surface area contributed by atoms with Crippen molar-refractivity contribution >= 4 is 23.3 Å². The molecule has 0 saturated heterocycles. The second kappa shape index (κ2) is 10.6. The highest BCUT2D eigenvalue weighted by Gasteiger charge is 2.70. The number of Topliss-reactive ketones (excluding diaryl/α,β-unsaturated/α-hetero) is 3. The van der Waals surface area contributed by atoms with Crippen LogP contribution in [0.4, 0.5) is 0 Å². The summed E-state index contributed by atoms with van der Waals surface area (Å²) in [5.41, 5.74) is 6.41. The standard InChI is InChI=1S/C37H55NO6/c1-20(2)29-25(40)19-36(31(41)23(5)39)16-12-28-35(9)14-10-24-22(4)26(44-21(3)18-33(6,7)32(42)43)11-15-34(24,8)27(35)13-17-37(28,38)30(29)36/h20,22,24,26-28H,3,10-19,38H2,1-2,4-9H3,(H,42,43). The van der Waals surface area contributed by atoms with Crippen LogP contribution in [0.1, 0.15) is 120 Å². The molecule has 0 radical (unpaired) electrons. The fourth-order valence-corrected chi connectivity index (χ4v) is 11.7. The lowest BCUT2D eigenvalue weighted by atomic mass is 9.36. The number of allylic oxidation sites excluding steroid dienone is 2. The fourth-order valence-electron chi connectivity index (χ4n) is 11.7. The maximum atomic E-state index is 13.6. The first-order chi connectivity index (χ1) is 20.3. The molecular weight excluding hydrogens is 554 g/mol. The summed E-state index contributed by atoms with van der Waals surface area (Å²) in [6.45, 7) is 20.1. The molecule has 9 atom stereocenters. The number of nitrogens with two attached hydrogens (primary N) is 1. The Morgan fingerprint density at radius 2 is 1.64 bits per heavy atom. The van der Waals surface area contributed by atoms with E-state index in [0.29, 0.717) is 41.9 Å². The number of ether oxygens (including phenoxy) is 1.